The maximum absolute atomic E-state index is 13.1. The van der Waals surface area contributed by atoms with Crippen LogP contribution in [-0.4, -0.2) is 5.97 Å². The largest absolute Gasteiger partial charge is 0.460 e. The van der Waals surface area contributed by atoms with Crippen LogP contribution in [0.15, 0.2) is 18.2 Å². The van der Waals surface area contributed by atoms with Crippen LogP contribution in [0, 0.1) is 17.6 Å². The van der Waals surface area contributed by atoms with Gasteiger partial charge in [-0.15, -0.1) is 0 Å². The highest BCUT2D eigenvalue weighted by atomic mass is 19.1. The average molecular weight is 214 g/mol. The molecule has 4 heteroatoms. The first-order valence-corrected chi connectivity index (χ1v) is 4.62. The van der Waals surface area contributed by atoms with Crippen molar-refractivity contribution in [1.29, 1.82) is 0 Å². The summed E-state index contributed by atoms with van der Waals surface area (Å²) in [5.74, 6) is -2.18. The smallest absolute Gasteiger partial charge is 0.308 e. The van der Waals surface area contributed by atoms with Crippen LogP contribution in [0.1, 0.15) is 19.4 Å². The Morgan fingerprint density at radius 3 is 2.33 bits per heavy atom. The Morgan fingerprint density at radius 2 is 1.87 bits per heavy atom. The molecule has 0 aromatic heterocycles. The molecular formula is C11H12F2O2. The third-order valence-corrected chi connectivity index (χ3v) is 1.89. The number of halogens is 2. The Bertz CT molecular complexity index is 341. The molecule has 1 aromatic carbocycles. The fraction of sp³-hybridized carbons (Fsp3) is 0.364. The van der Waals surface area contributed by atoms with E-state index in [1.54, 1.807) is 13.8 Å². The fourth-order valence-electron chi connectivity index (χ4n) is 0.980. The maximum Gasteiger partial charge on any atom is 0.308 e. The van der Waals surface area contributed by atoms with Crippen LogP contribution in [0.3, 0.4) is 0 Å². The number of carbonyl (C=O) groups excluding carboxylic acids is 1. The monoisotopic (exact) mass is 214 g/mol. The lowest BCUT2D eigenvalue weighted by atomic mass is 10.2. The van der Waals surface area contributed by atoms with Crippen molar-refractivity contribution >= 4 is 5.97 Å². The minimum atomic E-state index is -0.702. The van der Waals surface area contributed by atoms with Crippen LogP contribution in [0.5, 0.6) is 0 Å². The first-order valence-electron chi connectivity index (χ1n) is 4.62. The maximum atomic E-state index is 13.1. The molecule has 0 saturated carbocycles. The molecule has 0 saturated heterocycles. The molecule has 2 nitrogen and oxygen atoms in total. The predicted octanol–water partition coefficient (Wildman–Crippen LogP) is 2.66. The molecule has 0 amide bonds. The second-order valence-corrected chi connectivity index (χ2v) is 3.46. The van der Waals surface area contributed by atoms with Gasteiger partial charge < -0.3 is 4.74 Å². The first kappa shape index (κ1) is 11.6. The number of hydrogen-bond donors (Lipinski definition) is 0. The van der Waals surface area contributed by atoms with Crippen LogP contribution in [0.2, 0.25) is 0 Å². The molecule has 0 aliphatic carbocycles. The van der Waals surface area contributed by atoms with E-state index in [-0.39, 0.29) is 18.1 Å². The van der Waals surface area contributed by atoms with E-state index < -0.39 is 17.6 Å². The molecule has 15 heavy (non-hydrogen) atoms. The van der Waals surface area contributed by atoms with Gasteiger partial charge in [0, 0.05) is 0 Å². The minimum Gasteiger partial charge on any atom is -0.460 e. The summed E-state index contributed by atoms with van der Waals surface area (Å²) in [4.78, 5) is 11.1. The second kappa shape index (κ2) is 4.87. The summed E-state index contributed by atoms with van der Waals surface area (Å²) in [6.45, 7) is 2.94. The molecule has 0 atom stereocenters. The molecule has 0 radical (unpaired) electrons. The van der Waals surface area contributed by atoms with Crippen molar-refractivity contribution in [3.63, 3.8) is 0 Å². The van der Waals surface area contributed by atoms with E-state index in [0.717, 1.165) is 12.1 Å². The van der Waals surface area contributed by atoms with Gasteiger partial charge in [0.05, 0.1) is 11.5 Å². The molecular weight excluding hydrogens is 202 g/mol. The molecule has 1 aromatic rings. The lowest BCUT2D eigenvalue weighted by Gasteiger charge is -2.08. The molecule has 0 N–H and O–H groups in total. The number of esters is 1. The van der Waals surface area contributed by atoms with Crippen LogP contribution >= 0.6 is 0 Å². The van der Waals surface area contributed by atoms with Gasteiger partial charge in [0.2, 0.25) is 0 Å². The standard InChI is InChI=1S/C11H12F2O2/c1-7(2)11(14)15-6-8-9(12)4-3-5-10(8)13/h3-5,7H,6H2,1-2H3. The highest BCUT2D eigenvalue weighted by Crippen LogP contribution is 2.13. The Hall–Kier alpha value is -1.45. The van der Waals surface area contributed by atoms with Gasteiger partial charge in [-0.3, -0.25) is 4.79 Å². The Kier molecular flexibility index (Phi) is 3.77. The van der Waals surface area contributed by atoms with Crippen molar-refractivity contribution in [3.05, 3.63) is 35.4 Å². The number of rotatable bonds is 3. The van der Waals surface area contributed by atoms with Gasteiger partial charge >= 0.3 is 5.97 Å². The summed E-state index contributed by atoms with van der Waals surface area (Å²) >= 11 is 0. The molecule has 0 unspecified atom stereocenters. The van der Waals surface area contributed by atoms with E-state index in [0.29, 0.717) is 0 Å². The summed E-state index contributed by atoms with van der Waals surface area (Å²) in [6.07, 6.45) is 0. The van der Waals surface area contributed by atoms with E-state index in [1.165, 1.54) is 6.07 Å². The van der Waals surface area contributed by atoms with E-state index in [4.69, 9.17) is 4.74 Å². The molecule has 0 heterocycles. The van der Waals surface area contributed by atoms with Crippen molar-refractivity contribution in [3.8, 4) is 0 Å². The van der Waals surface area contributed by atoms with Gasteiger partial charge in [0.25, 0.3) is 0 Å². The number of ether oxygens (including phenoxy) is 1. The highest BCUT2D eigenvalue weighted by Gasteiger charge is 2.13. The Balaban J connectivity index is 2.69. The highest BCUT2D eigenvalue weighted by molar-refractivity contribution is 5.71. The zero-order valence-corrected chi connectivity index (χ0v) is 8.59. The van der Waals surface area contributed by atoms with Crippen molar-refractivity contribution in [2.75, 3.05) is 0 Å². The van der Waals surface area contributed by atoms with E-state index in [1.807, 2.05) is 0 Å². The summed E-state index contributed by atoms with van der Waals surface area (Å²) in [7, 11) is 0. The average Bonchev–Trinajstić information content (AvgIpc) is 2.16. The van der Waals surface area contributed by atoms with Crippen molar-refractivity contribution in [2.24, 2.45) is 5.92 Å². The molecule has 0 spiro atoms. The van der Waals surface area contributed by atoms with E-state index in [2.05, 4.69) is 0 Å². The van der Waals surface area contributed by atoms with Gasteiger partial charge in [-0.2, -0.15) is 0 Å². The summed E-state index contributed by atoms with van der Waals surface area (Å²) in [5.41, 5.74) is -0.216. The zero-order valence-electron chi connectivity index (χ0n) is 8.59. The Morgan fingerprint density at radius 1 is 1.33 bits per heavy atom. The van der Waals surface area contributed by atoms with Gasteiger partial charge in [-0.25, -0.2) is 8.78 Å². The normalized spacial score (nSPS) is 10.5. The van der Waals surface area contributed by atoms with E-state index in [9.17, 15) is 13.6 Å². The SMILES string of the molecule is CC(C)C(=O)OCc1c(F)cccc1F. The van der Waals surface area contributed by atoms with E-state index >= 15 is 0 Å². The number of carbonyl (C=O) groups is 1. The second-order valence-electron chi connectivity index (χ2n) is 3.46. The molecule has 82 valence electrons. The van der Waals surface area contributed by atoms with Crippen molar-refractivity contribution < 1.29 is 18.3 Å². The summed E-state index contributed by atoms with van der Waals surface area (Å²) in [6, 6.07) is 3.52. The summed E-state index contributed by atoms with van der Waals surface area (Å²) < 4.78 is 30.9. The van der Waals surface area contributed by atoms with Crippen LogP contribution < -0.4 is 0 Å². The van der Waals surface area contributed by atoms with Gasteiger partial charge in [0.15, 0.2) is 0 Å². The summed E-state index contributed by atoms with van der Waals surface area (Å²) in [5, 5.41) is 0. The van der Waals surface area contributed by atoms with Gasteiger partial charge in [0.1, 0.15) is 18.2 Å². The zero-order chi connectivity index (χ0) is 11.4. The third kappa shape index (κ3) is 3.01. The van der Waals surface area contributed by atoms with Gasteiger partial charge in [-0.05, 0) is 12.1 Å². The number of benzene rings is 1. The van der Waals surface area contributed by atoms with Crippen LogP contribution in [0.25, 0.3) is 0 Å². The fourth-order valence-corrected chi connectivity index (χ4v) is 0.980. The van der Waals surface area contributed by atoms with Crippen LogP contribution in [0.4, 0.5) is 8.78 Å². The van der Waals surface area contributed by atoms with Crippen LogP contribution in [-0.2, 0) is 16.1 Å². The Labute approximate surface area is 86.9 Å². The number of hydrogen-bond acceptors (Lipinski definition) is 2. The predicted molar refractivity (Wildman–Crippen MR) is 51.0 cm³/mol. The minimum absolute atomic E-state index is 0.216. The van der Waals surface area contributed by atoms with Crippen molar-refractivity contribution in [2.45, 2.75) is 20.5 Å². The lowest BCUT2D eigenvalue weighted by molar-refractivity contribution is -0.148. The van der Waals surface area contributed by atoms with Gasteiger partial charge in [-0.1, -0.05) is 19.9 Å². The topological polar surface area (TPSA) is 26.3 Å². The first-order chi connectivity index (χ1) is 7.02. The molecule has 0 bridgehead atoms. The third-order valence-electron chi connectivity index (χ3n) is 1.89. The molecule has 1 rings (SSSR count). The molecule has 0 aliphatic heterocycles. The lowest BCUT2D eigenvalue weighted by Crippen LogP contribution is -2.12. The quantitative estimate of drug-likeness (QED) is 0.723. The van der Waals surface area contributed by atoms with Crippen molar-refractivity contribution in [1.82, 2.24) is 0 Å². The molecule has 0 aliphatic rings. The molecule has 0 fully saturated rings.